The predicted octanol–water partition coefficient (Wildman–Crippen LogP) is 1.32. The maximum Gasteiger partial charge on any atom is 0.325 e. The van der Waals surface area contributed by atoms with Crippen molar-refractivity contribution in [1.29, 1.82) is 0 Å². The molecule has 1 atom stereocenters. The van der Waals surface area contributed by atoms with Crippen LogP contribution in [0.4, 0.5) is 5.69 Å². The Morgan fingerprint density at radius 2 is 2.12 bits per heavy atom. The smallest absolute Gasteiger partial charge is 0.325 e. The highest BCUT2D eigenvalue weighted by Gasteiger charge is 2.11. The predicted molar refractivity (Wildman–Crippen MR) is 65.2 cm³/mol. The Hall–Kier alpha value is -2.04. The Kier molecular flexibility index (Phi) is 4.51. The van der Waals surface area contributed by atoms with Crippen LogP contribution < -0.4 is 10.6 Å². The number of carboxylic acids is 1. The average Bonchev–Trinajstić information content (AvgIpc) is 2.29. The van der Waals surface area contributed by atoms with Crippen molar-refractivity contribution in [2.24, 2.45) is 0 Å². The molecule has 1 rings (SSSR count). The standard InChI is InChI=1S/C12H16N2O3/c1-3-13-11(15)9-5-4-6-10(7-9)14-8(2)12(16)17/h4-8,14H,3H2,1-2H3,(H,13,15)(H,16,17). The number of amides is 1. The van der Waals surface area contributed by atoms with Gasteiger partial charge in [-0.3, -0.25) is 9.59 Å². The number of carbonyl (C=O) groups is 2. The Morgan fingerprint density at radius 3 is 2.71 bits per heavy atom. The molecule has 0 heterocycles. The fourth-order valence-electron chi connectivity index (χ4n) is 1.32. The second-order valence-electron chi connectivity index (χ2n) is 3.64. The molecule has 0 aliphatic rings. The van der Waals surface area contributed by atoms with E-state index in [0.717, 1.165) is 0 Å². The zero-order valence-corrected chi connectivity index (χ0v) is 9.86. The summed E-state index contributed by atoms with van der Waals surface area (Å²) in [5.74, 6) is -1.10. The summed E-state index contributed by atoms with van der Waals surface area (Å²) in [6.07, 6.45) is 0. The van der Waals surface area contributed by atoms with Crippen LogP contribution in [0.15, 0.2) is 24.3 Å². The van der Waals surface area contributed by atoms with Gasteiger partial charge in [0, 0.05) is 17.8 Å². The van der Waals surface area contributed by atoms with Crippen LogP contribution in [0.2, 0.25) is 0 Å². The van der Waals surface area contributed by atoms with Crippen molar-refractivity contribution in [3.05, 3.63) is 29.8 Å². The number of carboxylic acid groups (broad SMARTS) is 1. The van der Waals surface area contributed by atoms with Crippen LogP contribution >= 0.6 is 0 Å². The van der Waals surface area contributed by atoms with E-state index >= 15 is 0 Å². The summed E-state index contributed by atoms with van der Waals surface area (Å²) in [6, 6.07) is 6.05. The third-order valence-corrected chi connectivity index (χ3v) is 2.22. The van der Waals surface area contributed by atoms with Crippen LogP contribution in [0.5, 0.6) is 0 Å². The number of rotatable bonds is 5. The van der Waals surface area contributed by atoms with Gasteiger partial charge in [-0.2, -0.15) is 0 Å². The number of hydrogen-bond donors (Lipinski definition) is 3. The second kappa shape index (κ2) is 5.89. The van der Waals surface area contributed by atoms with Gasteiger partial charge in [-0.05, 0) is 32.0 Å². The Labute approximate surface area is 99.8 Å². The van der Waals surface area contributed by atoms with Crippen LogP contribution in [0.1, 0.15) is 24.2 Å². The number of hydrogen-bond acceptors (Lipinski definition) is 3. The topological polar surface area (TPSA) is 78.4 Å². The lowest BCUT2D eigenvalue weighted by atomic mass is 10.1. The fraction of sp³-hybridized carbons (Fsp3) is 0.333. The van der Waals surface area contributed by atoms with E-state index in [0.29, 0.717) is 17.8 Å². The number of aliphatic carboxylic acids is 1. The van der Waals surface area contributed by atoms with Gasteiger partial charge in [0.2, 0.25) is 0 Å². The van der Waals surface area contributed by atoms with Gasteiger partial charge in [0.1, 0.15) is 6.04 Å². The molecule has 0 saturated carbocycles. The molecule has 0 bridgehead atoms. The zero-order chi connectivity index (χ0) is 12.8. The molecule has 1 amide bonds. The maximum atomic E-state index is 11.6. The Morgan fingerprint density at radius 1 is 1.41 bits per heavy atom. The molecule has 0 aliphatic carbocycles. The summed E-state index contributed by atoms with van der Waals surface area (Å²) in [5.41, 5.74) is 1.12. The Balaban J connectivity index is 2.79. The molecule has 3 N–H and O–H groups in total. The van der Waals surface area contributed by atoms with Crippen LogP contribution in [0.3, 0.4) is 0 Å². The Bertz CT molecular complexity index is 418. The highest BCUT2D eigenvalue weighted by Crippen LogP contribution is 2.11. The summed E-state index contributed by atoms with van der Waals surface area (Å²) in [7, 11) is 0. The van der Waals surface area contributed by atoms with Gasteiger partial charge in [-0.15, -0.1) is 0 Å². The largest absolute Gasteiger partial charge is 0.480 e. The highest BCUT2D eigenvalue weighted by molar-refractivity contribution is 5.95. The SMILES string of the molecule is CCNC(=O)c1cccc(NC(C)C(=O)O)c1. The van der Waals surface area contributed by atoms with Gasteiger partial charge in [0.05, 0.1) is 0 Å². The third-order valence-electron chi connectivity index (χ3n) is 2.22. The quantitative estimate of drug-likeness (QED) is 0.720. The molecule has 0 radical (unpaired) electrons. The number of carbonyl (C=O) groups excluding carboxylic acids is 1. The summed E-state index contributed by atoms with van der Waals surface area (Å²) in [5, 5.41) is 14.2. The first-order valence-electron chi connectivity index (χ1n) is 5.42. The molecule has 0 spiro atoms. The normalized spacial score (nSPS) is 11.6. The van der Waals surface area contributed by atoms with Gasteiger partial charge in [0.15, 0.2) is 0 Å². The van der Waals surface area contributed by atoms with Crippen LogP contribution in [0.25, 0.3) is 0 Å². The van der Waals surface area contributed by atoms with E-state index in [-0.39, 0.29) is 5.91 Å². The van der Waals surface area contributed by atoms with E-state index in [4.69, 9.17) is 5.11 Å². The molecule has 0 fully saturated rings. The van der Waals surface area contributed by atoms with Crippen LogP contribution in [-0.4, -0.2) is 29.6 Å². The van der Waals surface area contributed by atoms with Crippen molar-refractivity contribution in [3.8, 4) is 0 Å². The maximum absolute atomic E-state index is 11.6. The summed E-state index contributed by atoms with van der Waals surface area (Å²) in [6.45, 7) is 3.94. The molecule has 5 heteroatoms. The molecule has 92 valence electrons. The van der Waals surface area contributed by atoms with Crippen molar-refractivity contribution < 1.29 is 14.7 Å². The van der Waals surface area contributed by atoms with Crippen molar-refractivity contribution >= 4 is 17.6 Å². The van der Waals surface area contributed by atoms with Crippen molar-refractivity contribution in [2.75, 3.05) is 11.9 Å². The first-order chi connectivity index (χ1) is 8.04. The van der Waals surface area contributed by atoms with Gasteiger partial charge in [0.25, 0.3) is 5.91 Å². The fourth-order valence-corrected chi connectivity index (χ4v) is 1.32. The average molecular weight is 236 g/mol. The number of anilines is 1. The van der Waals surface area contributed by atoms with Gasteiger partial charge in [-0.25, -0.2) is 0 Å². The molecule has 17 heavy (non-hydrogen) atoms. The van der Waals surface area contributed by atoms with Crippen LogP contribution in [-0.2, 0) is 4.79 Å². The first kappa shape index (κ1) is 13.0. The van der Waals surface area contributed by atoms with E-state index in [1.165, 1.54) is 0 Å². The van der Waals surface area contributed by atoms with Crippen molar-refractivity contribution in [2.45, 2.75) is 19.9 Å². The van der Waals surface area contributed by atoms with E-state index in [1.807, 2.05) is 6.92 Å². The van der Waals surface area contributed by atoms with E-state index in [1.54, 1.807) is 31.2 Å². The van der Waals surface area contributed by atoms with Crippen LogP contribution in [0, 0.1) is 0 Å². The highest BCUT2D eigenvalue weighted by atomic mass is 16.4. The molecule has 0 aromatic heterocycles. The minimum absolute atomic E-state index is 0.167. The minimum atomic E-state index is -0.937. The molecule has 1 aromatic rings. The lowest BCUT2D eigenvalue weighted by Crippen LogP contribution is -2.26. The molecule has 1 aromatic carbocycles. The summed E-state index contributed by atoms with van der Waals surface area (Å²) in [4.78, 5) is 22.2. The van der Waals surface area contributed by atoms with Crippen molar-refractivity contribution in [1.82, 2.24) is 5.32 Å². The molecule has 1 unspecified atom stereocenters. The minimum Gasteiger partial charge on any atom is -0.480 e. The monoisotopic (exact) mass is 236 g/mol. The zero-order valence-electron chi connectivity index (χ0n) is 9.86. The van der Waals surface area contributed by atoms with Gasteiger partial charge >= 0.3 is 5.97 Å². The van der Waals surface area contributed by atoms with E-state index < -0.39 is 12.0 Å². The van der Waals surface area contributed by atoms with E-state index in [2.05, 4.69) is 10.6 Å². The molecule has 5 nitrogen and oxygen atoms in total. The summed E-state index contributed by atoms with van der Waals surface area (Å²) >= 11 is 0. The first-order valence-corrected chi connectivity index (χ1v) is 5.42. The number of nitrogens with one attached hydrogen (secondary N) is 2. The molecular weight excluding hydrogens is 220 g/mol. The molecular formula is C12H16N2O3. The van der Waals surface area contributed by atoms with Gasteiger partial charge < -0.3 is 15.7 Å². The lowest BCUT2D eigenvalue weighted by molar-refractivity contribution is -0.137. The lowest BCUT2D eigenvalue weighted by Gasteiger charge is -2.11. The molecule has 0 aliphatic heterocycles. The number of benzene rings is 1. The van der Waals surface area contributed by atoms with Gasteiger partial charge in [-0.1, -0.05) is 6.07 Å². The summed E-state index contributed by atoms with van der Waals surface area (Å²) < 4.78 is 0. The second-order valence-corrected chi connectivity index (χ2v) is 3.64. The third kappa shape index (κ3) is 3.79. The van der Waals surface area contributed by atoms with Crippen molar-refractivity contribution in [3.63, 3.8) is 0 Å². The molecule has 0 saturated heterocycles. The van der Waals surface area contributed by atoms with E-state index in [9.17, 15) is 9.59 Å².